The van der Waals surface area contributed by atoms with Crippen LogP contribution in [0.15, 0.2) is 50.7 Å². The van der Waals surface area contributed by atoms with E-state index in [1.807, 2.05) is 18.2 Å². The van der Waals surface area contributed by atoms with Crippen LogP contribution in [0.1, 0.15) is 11.6 Å². The molecule has 0 aliphatic carbocycles. The molecule has 1 atom stereocenters. The van der Waals surface area contributed by atoms with Gasteiger partial charge in [-0.05, 0) is 46.3 Å². The number of hydrogen-bond donors (Lipinski definition) is 2. The first-order chi connectivity index (χ1) is 9.54. The fourth-order valence-electron chi connectivity index (χ4n) is 2.02. The Hall–Kier alpha value is -1.37. The molecule has 0 saturated heterocycles. The average molecular weight is 353 g/mol. The maximum Gasteiger partial charge on any atom is 0.245 e. The SMILES string of the molecule is NC1C(=O)Nc2cc(Sc3cccc(F)c3)c(Br)cc21. The number of amides is 1. The minimum Gasteiger partial charge on any atom is -0.324 e. The molecule has 6 heteroatoms. The summed E-state index contributed by atoms with van der Waals surface area (Å²) < 4.78 is 14.0. The Balaban J connectivity index is 1.96. The molecule has 0 bridgehead atoms. The number of benzene rings is 2. The molecule has 1 aliphatic rings. The van der Waals surface area contributed by atoms with Crippen LogP contribution in [-0.2, 0) is 4.79 Å². The normalized spacial score (nSPS) is 16.9. The van der Waals surface area contributed by atoms with Crippen LogP contribution in [-0.4, -0.2) is 5.91 Å². The van der Waals surface area contributed by atoms with Crippen LogP contribution in [0, 0.1) is 5.82 Å². The lowest BCUT2D eigenvalue weighted by atomic mass is 10.1. The molecule has 20 heavy (non-hydrogen) atoms. The van der Waals surface area contributed by atoms with Crippen LogP contribution >= 0.6 is 27.7 Å². The molecule has 3 nitrogen and oxygen atoms in total. The summed E-state index contributed by atoms with van der Waals surface area (Å²) in [6.07, 6.45) is 0. The predicted molar refractivity (Wildman–Crippen MR) is 80.2 cm³/mol. The third-order valence-electron chi connectivity index (χ3n) is 3.00. The molecule has 0 aromatic heterocycles. The van der Waals surface area contributed by atoms with Gasteiger partial charge in [0.2, 0.25) is 5.91 Å². The van der Waals surface area contributed by atoms with Crippen molar-refractivity contribution in [1.82, 2.24) is 0 Å². The van der Waals surface area contributed by atoms with Crippen molar-refractivity contribution in [2.24, 2.45) is 5.73 Å². The first-order valence-corrected chi connectivity index (χ1v) is 7.49. The zero-order chi connectivity index (χ0) is 14.3. The second-order valence-corrected chi connectivity index (χ2v) is 6.37. The number of rotatable bonds is 2. The number of fused-ring (bicyclic) bond motifs is 1. The first kappa shape index (κ1) is 13.6. The molecule has 3 rings (SSSR count). The van der Waals surface area contributed by atoms with E-state index >= 15 is 0 Å². The van der Waals surface area contributed by atoms with E-state index in [9.17, 15) is 9.18 Å². The van der Waals surface area contributed by atoms with Crippen LogP contribution in [0.5, 0.6) is 0 Å². The molecule has 2 aromatic rings. The van der Waals surface area contributed by atoms with Crippen LogP contribution in [0.4, 0.5) is 10.1 Å². The largest absolute Gasteiger partial charge is 0.324 e. The summed E-state index contributed by atoms with van der Waals surface area (Å²) >= 11 is 4.88. The van der Waals surface area contributed by atoms with E-state index < -0.39 is 6.04 Å². The van der Waals surface area contributed by atoms with Gasteiger partial charge in [0, 0.05) is 25.5 Å². The molecule has 1 aliphatic heterocycles. The highest BCUT2D eigenvalue weighted by atomic mass is 79.9. The number of carbonyl (C=O) groups is 1. The average Bonchev–Trinajstić information content (AvgIpc) is 2.66. The molecule has 1 heterocycles. The summed E-state index contributed by atoms with van der Waals surface area (Å²) in [5.41, 5.74) is 7.27. The maximum absolute atomic E-state index is 13.2. The Morgan fingerprint density at radius 1 is 1.30 bits per heavy atom. The van der Waals surface area contributed by atoms with Gasteiger partial charge in [0.15, 0.2) is 0 Å². The molecule has 3 N–H and O–H groups in total. The van der Waals surface area contributed by atoms with Gasteiger partial charge in [-0.2, -0.15) is 0 Å². The zero-order valence-electron chi connectivity index (χ0n) is 10.2. The number of nitrogens with one attached hydrogen (secondary N) is 1. The zero-order valence-corrected chi connectivity index (χ0v) is 12.6. The molecular formula is C14H10BrFN2OS. The van der Waals surface area contributed by atoms with Gasteiger partial charge in [-0.25, -0.2) is 4.39 Å². The van der Waals surface area contributed by atoms with Crippen molar-refractivity contribution in [3.63, 3.8) is 0 Å². The lowest BCUT2D eigenvalue weighted by molar-refractivity contribution is -0.116. The Labute approximate surface area is 127 Å². The molecule has 1 unspecified atom stereocenters. The van der Waals surface area contributed by atoms with Crippen LogP contribution < -0.4 is 11.1 Å². The van der Waals surface area contributed by atoms with E-state index in [0.717, 1.165) is 19.8 Å². The van der Waals surface area contributed by atoms with Crippen molar-refractivity contribution in [3.8, 4) is 0 Å². The van der Waals surface area contributed by atoms with Gasteiger partial charge in [0.25, 0.3) is 0 Å². The standard InChI is InChI=1S/C14H10BrFN2OS/c15-10-5-9-11(18-14(19)13(9)17)6-12(10)20-8-3-1-2-7(16)4-8/h1-6,13H,17H2,(H,18,19). The molecule has 0 spiro atoms. The maximum atomic E-state index is 13.2. The Bertz CT molecular complexity index is 708. The second-order valence-electron chi connectivity index (χ2n) is 4.40. The monoisotopic (exact) mass is 352 g/mol. The summed E-state index contributed by atoms with van der Waals surface area (Å²) in [7, 11) is 0. The Kier molecular flexibility index (Phi) is 3.54. The number of anilines is 1. The van der Waals surface area contributed by atoms with Crippen molar-refractivity contribution >= 4 is 39.3 Å². The minimum atomic E-state index is -0.630. The van der Waals surface area contributed by atoms with E-state index in [1.165, 1.54) is 23.9 Å². The third-order valence-corrected chi connectivity index (χ3v) is 4.97. The Morgan fingerprint density at radius 2 is 2.10 bits per heavy atom. The summed E-state index contributed by atoms with van der Waals surface area (Å²) in [5.74, 6) is -0.484. The van der Waals surface area contributed by atoms with E-state index in [4.69, 9.17) is 5.73 Å². The fourth-order valence-corrected chi connectivity index (χ4v) is 3.53. The first-order valence-electron chi connectivity index (χ1n) is 5.88. The molecular weight excluding hydrogens is 343 g/mol. The quantitative estimate of drug-likeness (QED) is 0.866. The molecule has 0 saturated carbocycles. The van der Waals surface area contributed by atoms with E-state index in [1.54, 1.807) is 6.07 Å². The number of hydrogen-bond acceptors (Lipinski definition) is 3. The molecule has 2 aromatic carbocycles. The summed E-state index contributed by atoms with van der Waals surface area (Å²) in [5, 5.41) is 2.74. The lowest BCUT2D eigenvalue weighted by Crippen LogP contribution is -2.19. The summed E-state index contributed by atoms with van der Waals surface area (Å²) in [4.78, 5) is 13.2. The second kappa shape index (κ2) is 5.20. The van der Waals surface area contributed by atoms with Crippen molar-refractivity contribution in [2.45, 2.75) is 15.8 Å². The fraction of sp³-hybridized carbons (Fsp3) is 0.0714. The number of carbonyl (C=O) groups excluding carboxylic acids is 1. The van der Waals surface area contributed by atoms with Crippen molar-refractivity contribution < 1.29 is 9.18 Å². The number of nitrogens with two attached hydrogens (primary N) is 1. The van der Waals surface area contributed by atoms with Gasteiger partial charge < -0.3 is 11.1 Å². The van der Waals surface area contributed by atoms with Crippen LogP contribution in [0.25, 0.3) is 0 Å². The van der Waals surface area contributed by atoms with E-state index in [2.05, 4.69) is 21.2 Å². The van der Waals surface area contributed by atoms with Gasteiger partial charge in [-0.15, -0.1) is 0 Å². The van der Waals surface area contributed by atoms with Gasteiger partial charge in [-0.3, -0.25) is 4.79 Å². The topological polar surface area (TPSA) is 55.1 Å². The van der Waals surface area contributed by atoms with Crippen LogP contribution in [0.2, 0.25) is 0 Å². The highest BCUT2D eigenvalue weighted by Crippen LogP contribution is 2.40. The third kappa shape index (κ3) is 2.46. The molecule has 1 amide bonds. The predicted octanol–water partition coefficient (Wildman–Crippen LogP) is 3.69. The molecule has 102 valence electrons. The molecule has 0 radical (unpaired) electrons. The smallest absolute Gasteiger partial charge is 0.245 e. The van der Waals surface area contributed by atoms with Gasteiger partial charge in [0.1, 0.15) is 11.9 Å². The Morgan fingerprint density at radius 3 is 2.85 bits per heavy atom. The highest BCUT2D eigenvalue weighted by Gasteiger charge is 2.28. The highest BCUT2D eigenvalue weighted by molar-refractivity contribution is 9.10. The summed E-state index contributed by atoms with van der Waals surface area (Å²) in [6.45, 7) is 0. The van der Waals surface area contributed by atoms with Gasteiger partial charge in [0.05, 0.1) is 0 Å². The van der Waals surface area contributed by atoms with E-state index in [0.29, 0.717) is 5.69 Å². The van der Waals surface area contributed by atoms with Crippen molar-refractivity contribution in [3.05, 3.63) is 52.3 Å². The lowest BCUT2D eigenvalue weighted by Gasteiger charge is -2.08. The van der Waals surface area contributed by atoms with Crippen molar-refractivity contribution in [1.29, 1.82) is 0 Å². The summed E-state index contributed by atoms with van der Waals surface area (Å²) in [6, 6.07) is 9.41. The molecule has 0 fully saturated rings. The van der Waals surface area contributed by atoms with Gasteiger partial charge >= 0.3 is 0 Å². The van der Waals surface area contributed by atoms with Crippen LogP contribution in [0.3, 0.4) is 0 Å². The van der Waals surface area contributed by atoms with E-state index in [-0.39, 0.29) is 11.7 Å². The number of halogens is 2. The van der Waals surface area contributed by atoms with Gasteiger partial charge in [-0.1, -0.05) is 17.8 Å². The minimum absolute atomic E-state index is 0.209. The van der Waals surface area contributed by atoms with Crippen molar-refractivity contribution in [2.75, 3.05) is 5.32 Å².